The lowest BCUT2D eigenvalue weighted by molar-refractivity contribution is -0.0509. The summed E-state index contributed by atoms with van der Waals surface area (Å²) >= 11 is 0. The van der Waals surface area contributed by atoms with Gasteiger partial charge in [-0.2, -0.15) is 0 Å². The summed E-state index contributed by atoms with van der Waals surface area (Å²) in [6.45, 7) is 1.73. The van der Waals surface area contributed by atoms with E-state index < -0.39 is 24.5 Å². The second-order valence-electron chi connectivity index (χ2n) is 5.85. The number of nitrogen functional groups attached to an aromatic ring is 1. The predicted molar refractivity (Wildman–Crippen MR) is 83.6 cm³/mol. The first-order valence-electron chi connectivity index (χ1n) is 7.80. The van der Waals surface area contributed by atoms with Gasteiger partial charge in [0.05, 0.1) is 12.0 Å². The third-order valence-electron chi connectivity index (χ3n) is 4.31. The molecule has 1 aliphatic rings. The molecule has 0 bridgehead atoms. The van der Waals surface area contributed by atoms with Gasteiger partial charge < -0.3 is 30.4 Å². The molecular formula is C15H22N4O4. The molecule has 126 valence electrons. The van der Waals surface area contributed by atoms with Gasteiger partial charge in [-0.15, -0.1) is 0 Å². The van der Waals surface area contributed by atoms with Crippen LogP contribution in [0.5, 0.6) is 0 Å². The van der Waals surface area contributed by atoms with Crippen LogP contribution in [-0.2, 0) is 11.2 Å². The Morgan fingerprint density at radius 1 is 1.30 bits per heavy atom. The number of ether oxygens (including phenoxy) is 1. The summed E-state index contributed by atoms with van der Waals surface area (Å²) in [5.74, 6) is 0.381. The van der Waals surface area contributed by atoms with Gasteiger partial charge in [-0.3, -0.25) is 0 Å². The van der Waals surface area contributed by atoms with Gasteiger partial charge in [-0.05, 0) is 18.4 Å². The number of nitrogens with zero attached hydrogens (tertiary/aromatic N) is 3. The zero-order chi connectivity index (χ0) is 16.6. The molecule has 0 aliphatic carbocycles. The van der Waals surface area contributed by atoms with E-state index in [1.54, 1.807) is 4.57 Å². The van der Waals surface area contributed by atoms with E-state index in [2.05, 4.69) is 16.9 Å². The van der Waals surface area contributed by atoms with Crippen molar-refractivity contribution >= 4 is 16.9 Å². The Labute approximate surface area is 133 Å². The SMILES string of the molecule is CCCCc1cn([C@@H]2O[C@H](CO)[C@@H](O)[C@H]2O)c2ncnc(N)c12. The molecule has 23 heavy (non-hydrogen) atoms. The lowest BCUT2D eigenvalue weighted by Crippen LogP contribution is -2.33. The zero-order valence-corrected chi connectivity index (χ0v) is 13.0. The molecular weight excluding hydrogens is 300 g/mol. The van der Waals surface area contributed by atoms with Crippen LogP contribution in [0, 0.1) is 0 Å². The fraction of sp³-hybridized carbons (Fsp3) is 0.600. The number of unbranched alkanes of at least 4 members (excludes halogenated alkanes) is 1. The molecule has 0 radical (unpaired) electrons. The average Bonchev–Trinajstić information content (AvgIpc) is 3.05. The highest BCUT2D eigenvalue weighted by Gasteiger charge is 2.44. The molecule has 0 amide bonds. The number of hydrogen-bond acceptors (Lipinski definition) is 7. The van der Waals surface area contributed by atoms with Crippen LogP contribution in [0.4, 0.5) is 5.82 Å². The maximum Gasteiger partial charge on any atom is 0.164 e. The smallest absolute Gasteiger partial charge is 0.164 e. The normalized spacial score (nSPS) is 27.8. The Hall–Kier alpha value is -1.74. The monoisotopic (exact) mass is 322 g/mol. The topological polar surface area (TPSA) is 127 Å². The maximum atomic E-state index is 10.2. The van der Waals surface area contributed by atoms with E-state index in [4.69, 9.17) is 10.5 Å². The number of hydrogen-bond donors (Lipinski definition) is 4. The number of rotatable bonds is 5. The fourth-order valence-electron chi connectivity index (χ4n) is 3.05. The average molecular weight is 322 g/mol. The maximum absolute atomic E-state index is 10.2. The van der Waals surface area contributed by atoms with E-state index in [0.29, 0.717) is 11.5 Å². The fourth-order valence-corrected chi connectivity index (χ4v) is 3.05. The van der Waals surface area contributed by atoms with Gasteiger partial charge in [-0.25, -0.2) is 9.97 Å². The van der Waals surface area contributed by atoms with Crippen molar-refractivity contribution in [2.45, 2.75) is 50.7 Å². The first kappa shape index (κ1) is 16.1. The first-order valence-corrected chi connectivity index (χ1v) is 7.80. The van der Waals surface area contributed by atoms with Crippen molar-refractivity contribution in [3.05, 3.63) is 18.1 Å². The molecule has 3 rings (SSSR count). The zero-order valence-electron chi connectivity index (χ0n) is 13.0. The number of anilines is 1. The lowest BCUT2D eigenvalue weighted by atomic mass is 10.1. The molecule has 1 saturated heterocycles. The van der Waals surface area contributed by atoms with Crippen molar-refractivity contribution < 1.29 is 20.1 Å². The minimum absolute atomic E-state index is 0.367. The van der Waals surface area contributed by atoms with Gasteiger partial charge in [0.1, 0.15) is 36.1 Å². The van der Waals surface area contributed by atoms with Gasteiger partial charge in [0.2, 0.25) is 0 Å². The molecule has 1 fully saturated rings. The quantitative estimate of drug-likeness (QED) is 0.608. The van der Waals surface area contributed by atoms with Crippen molar-refractivity contribution in [3.63, 3.8) is 0 Å². The highest BCUT2D eigenvalue weighted by Crippen LogP contribution is 2.34. The largest absolute Gasteiger partial charge is 0.394 e. The van der Waals surface area contributed by atoms with Crippen molar-refractivity contribution in [1.82, 2.24) is 14.5 Å². The van der Waals surface area contributed by atoms with Crippen LogP contribution in [0.15, 0.2) is 12.5 Å². The van der Waals surface area contributed by atoms with E-state index in [0.717, 1.165) is 30.2 Å². The summed E-state index contributed by atoms with van der Waals surface area (Å²) in [6, 6.07) is 0. The number of aliphatic hydroxyl groups is 3. The van der Waals surface area contributed by atoms with Crippen LogP contribution < -0.4 is 5.73 Å². The predicted octanol–water partition coefficient (Wildman–Crippen LogP) is -0.0324. The molecule has 0 spiro atoms. The van der Waals surface area contributed by atoms with Crippen LogP contribution in [0.25, 0.3) is 11.0 Å². The van der Waals surface area contributed by atoms with Crippen molar-refractivity contribution in [2.24, 2.45) is 0 Å². The minimum atomic E-state index is -1.15. The molecule has 8 nitrogen and oxygen atoms in total. The second-order valence-corrected chi connectivity index (χ2v) is 5.85. The minimum Gasteiger partial charge on any atom is -0.394 e. The van der Waals surface area contributed by atoms with Gasteiger partial charge in [0.15, 0.2) is 6.23 Å². The molecule has 3 heterocycles. The Kier molecular flexibility index (Phi) is 4.49. The summed E-state index contributed by atoms with van der Waals surface area (Å²) < 4.78 is 7.27. The summed E-state index contributed by atoms with van der Waals surface area (Å²) in [5, 5.41) is 30.2. The molecule has 2 aromatic heterocycles. The summed E-state index contributed by atoms with van der Waals surface area (Å²) in [5.41, 5.74) is 7.54. The molecule has 0 aromatic carbocycles. The van der Waals surface area contributed by atoms with E-state index >= 15 is 0 Å². The summed E-state index contributed by atoms with van der Waals surface area (Å²) in [7, 11) is 0. The molecule has 0 unspecified atom stereocenters. The third-order valence-corrected chi connectivity index (χ3v) is 4.31. The Balaban J connectivity index is 2.06. The van der Waals surface area contributed by atoms with Crippen molar-refractivity contribution in [2.75, 3.05) is 12.3 Å². The number of aryl methyl sites for hydroxylation is 1. The van der Waals surface area contributed by atoms with Crippen molar-refractivity contribution in [1.29, 1.82) is 0 Å². The van der Waals surface area contributed by atoms with E-state index in [1.807, 2.05) is 6.20 Å². The van der Waals surface area contributed by atoms with E-state index in [1.165, 1.54) is 6.33 Å². The Morgan fingerprint density at radius 3 is 2.74 bits per heavy atom. The highest BCUT2D eigenvalue weighted by molar-refractivity contribution is 5.89. The number of nitrogens with two attached hydrogens (primary N) is 1. The van der Waals surface area contributed by atoms with Crippen LogP contribution in [-0.4, -0.2) is 54.8 Å². The van der Waals surface area contributed by atoms with Crippen LogP contribution in [0.2, 0.25) is 0 Å². The lowest BCUT2D eigenvalue weighted by Gasteiger charge is -2.17. The Morgan fingerprint density at radius 2 is 2.09 bits per heavy atom. The number of aromatic nitrogens is 3. The van der Waals surface area contributed by atoms with Gasteiger partial charge in [-0.1, -0.05) is 13.3 Å². The Bertz CT molecular complexity index is 689. The van der Waals surface area contributed by atoms with Gasteiger partial charge in [0, 0.05) is 6.20 Å². The third kappa shape index (κ3) is 2.67. The van der Waals surface area contributed by atoms with Crippen LogP contribution in [0.1, 0.15) is 31.6 Å². The number of fused-ring (bicyclic) bond motifs is 1. The molecule has 4 atom stereocenters. The molecule has 0 saturated carbocycles. The second kappa shape index (κ2) is 6.40. The van der Waals surface area contributed by atoms with Crippen LogP contribution in [0.3, 0.4) is 0 Å². The first-order chi connectivity index (χ1) is 11.1. The summed E-state index contributed by atoms with van der Waals surface area (Å²) in [4.78, 5) is 8.30. The summed E-state index contributed by atoms with van der Waals surface area (Å²) in [6.07, 6.45) is 2.08. The number of aliphatic hydroxyl groups excluding tert-OH is 3. The van der Waals surface area contributed by atoms with Gasteiger partial charge >= 0.3 is 0 Å². The van der Waals surface area contributed by atoms with Crippen molar-refractivity contribution in [3.8, 4) is 0 Å². The molecule has 8 heteroatoms. The molecule has 5 N–H and O–H groups in total. The highest BCUT2D eigenvalue weighted by atomic mass is 16.6. The molecule has 1 aliphatic heterocycles. The van der Waals surface area contributed by atoms with Gasteiger partial charge in [0.25, 0.3) is 0 Å². The van der Waals surface area contributed by atoms with E-state index in [-0.39, 0.29) is 6.61 Å². The molecule has 2 aromatic rings. The standard InChI is InChI=1S/C15H22N4O4/c1-2-3-4-8-5-19(14-10(8)13(16)17-7-18-14)15-12(22)11(21)9(6-20)23-15/h5,7,9,11-12,15,20-22H,2-4,6H2,1H3,(H2,16,17,18)/t9-,11-,12-,15-/m1/s1. The van der Waals surface area contributed by atoms with Crippen LogP contribution >= 0.6 is 0 Å². The van der Waals surface area contributed by atoms with E-state index in [9.17, 15) is 15.3 Å².